The van der Waals surface area contributed by atoms with Gasteiger partial charge in [-0.15, -0.1) is 0 Å². The molecule has 1 aliphatic heterocycles. The average Bonchev–Trinajstić information content (AvgIpc) is 3.13. The first-order chi connectivity index (χ1) is 14.8. The highest BCUT2D eigenvalue weighted by molar-refractivity contribution is 5.93. The molecule has 0 N–H and O–H groups in total. The summed E-state index contributed by atoms with van der Waals surface area (Å²) in [6.07, 6.45) is 6.17. The first-order valence-electron chi connectivity index (χ1n) is 10.3. The van der Waals surface area contributed by atoms with Crippen molar-refractivity contribution < 1.29 is 24.0 Å². The number of aryl methyl sites for hydroxylation is 1. The number of nitrogens with zero attached hydrogens (tertiary/aromatic N) is 4. The summed E-state index contributed by atoms with van der Waals surface area (Å²) < 4.78 is 11.6. The average molecular weight is 432 g/mol. The summed E-state index contributed by atoms with van der Waals surface area (Å²) in [4.78, 5) is 42.9. The third-order valence-electron chi connectivity index (χ3n) is 6.06. The first kappa shape index (κ1) is 22.5. The van der Waals surface area contributed by atoms with Crippen LogP contribution in [0.15, 0.2) is 29.1 Å². The van der Waals surface area contributed by atoms with E-state index in [0.29, 0.717) is 17.0 Å². The number of rotatable bonds is 6. The van der Waals surface area contributed by atoms with E-state index in [1.165, 1.54) is 25.0 Å². The minimum atomic E-state index is -0.790. The van der Waals surface area contributed by atoms with Crippen LogP contribution in [-0.4, -0.2) is 58.6 Å². The predicted octanol–water partition coefficient (Wildman–Crippen LogP) is 2.38. The number of carbonyl (C=O) groups is 2. The molecule has 0 amide bonds. The maximum Gasteiger partial charge on any atom is 0.342 e. The number of hydrogen-bond acceptors (Lipinski definition) is 8. The second kappa shape index (κ2) is 9.32. The fraction of sp³-hybridized carbons (Fsp3) is 0.571. The summed E-state index contributed by atoms with van der Waals surface area (Å²) in [7, 11) is 2.59. The summed E-state index contributed by atoms with van der Waals surface area (Å²) in [5, 5.41) is 11.5. The van der Waals surface area contributed by atoms with Gasteiger partial charge >= 0.3 is 17.8 Å². The fourth-order valence-corrected chi connectivity index (χ4v) is 4.55. The molecule has 0 spiro atoms. The molecule has 31 heavy (non-hydrogen) atoms. The Morgan fingerprint density at radius 1 is 1.19 bits per heavy atom. The second-order valence-electron chi connectivity index (χ2n) is 7.84. The largest absolute Gasteiger partial charge is 0.468 e. The first-order valence-corrected chi connectivity index (χ1v) is 10.3. The summed E-state index contributed by atoms with van der Waals surface area (Å²) in [6, 6.07) is 0. The van der Waals surface area contributed by atoms with Crippen LogP contribution in [0.2, 0.25) is 0 Å². The van der Waals surface area contributed by atoms with E-state index in [4.69, 9.17) is 9.47 Å². The molecule has 168 valence electrons. The van der Waals surface area contributed by atoms with Crippen LogP contribution in [0.25, 0.3) is 0 Å². The van der Waals surface area contributed by atoms with Crippen molar-refractivity contribution in [3.63, 3.8) is 0 Å². The number of nitro groups is 1. The fourth-order valence-electron chi connectivity index (χ4n) is 4.55. The number of hydrogen-bond donors (Lipinski definition) is 0. The van der Waals surface area contributed by atoms with Gasteiger partial charge in [0.05, 0.1) is 14.2 Å². The van der Waals surface area contributed by atoms with Crippen molar-refractivity contribution in [3.8, 4) is 0 Å². The zero-order valence-corrected chi connectivity index (χ0v) is 18.3. The number of esters is 2. The van der Waals surface area contributed by atoms with E-state index in [0.717, 1.165) is 38.0 Å². The zero-order valence-electron chi connectivity index (χ0n) is 18.3. The Hall–Kier alpha value is -3.17. The Kier molecular flexibility index (Phi) is 6.77. The lowest BCUT2D eigenvalue weighted by Crippen LogP contribution is -2.43. The molecule has 1 aromatic rings. The van der Waals surface area contributed by atoms with Crippen molar-refractivity contribution in [1.82, 2.24) is 14.5 Å². The van der Waals surface area contributed by atoms with Crippen molar-refractivity contribution in [3.05, 3.63) is 45.1 Å². The van der Waals surface area contributed by atoms with E-state index in [9.17, 15) is 19.7 Å². The van der Waals surface area contributed by atoms with Gasteiger partial charge in [-0.2, -0.15) is 0 Å². The van der Waals surface area contributed by atoms with E-state index in [-0.39, 0.29) is 12.4 Å². The third kappa shape index (κ3) is 4.33. The van der Waals surface area contributed by atoms with E-state index < -0.39 is 28.7 Å². The lowest BCUT2D eigenvalue weighted by molar-refractivity contribution is -0.392. The lowest BCUT2D eigenvalue weighted by Gasteiger charge is -2.39. The number of methoxy groups -OCH3 is 2. The van der Waals surface area contributed by atoms with Crippen molar-refractivity contribution in [2.45, 2.75) is 39.7 Å². The standard InChI is InChI=1S/C21H28N4O6/c1-13-10-16(23-8-6-5-7-9-23)19(21(27)31-4)15(18(13)20(26)30-3)12-24-14(2)22-11-17(24)25(28)29/h10-11,15,19H,5-9,12H2,1-4H3/t15-,19+/m1/s1. The van der Waals surface area contributed by atoms with Crippen LogP contribution >= 0.6 is 0 Å². The summed E-state index contributed by atoms with van der Waals surface area (Å²) in [5.74, 6) is -2.32. The highest BCUT2D eigenvalue weighted by Crippen LogP contribution is 2.40. The number of carbonyl (C=O) groups excluding carboxylic acids is 2. The van der Waals surface area contributed by atoms with Gasteiger partial charge in [0.2, 0.25) is 0 Å². The SMILES string of the molecule is COC(=O)C1=C(C)C=C(N2CCCCC2)[C@@H](C(=O)OC)[C@@H]1Cn1c([N+](=O)[O-])cnc1C. The van der Waals surface area contributed by atoms with E-state index in [1.807, 2.05) is 6.08 Å². The van der Waals surface area contributed by atoms with Gasteiger partial charge in [-0.25, -0.2) is 14.3 Å². The van der Waals surface area contributed by atoms with E-state index >= 15 is 0 Å². The zero-order chi connectivity index (χ0) is 22.7. The molecule has 2 heterocycles. The molecule has 0 aromatic carbocycles. The van der Waals surface area contributed by atoms with Crippen LogP contribution in [-0.2, 0) is 25.6 Å². The van der Waals surface area contributed by atoms with Crippen LogP contribution in [0.3, 0.4) is 0 Å². The normalized spacial score (nSPS) is 21.5. The number of aromatic nitrogens is 2. The Balaban J connectivity index is 2.14. The van der Waals surface area contributed by atoms with Gasteiger partial charge in [-0.1, -0.05) is 0 Å². The summed E-state index contributed by atoms with van der Waals surface area (Å²) in [6.45, 7) is 5.08. The lowest BCUT2D eigenvalue weighted by atomic mass is 9.76. The molecule has 2 atom stereocenters. The minimum Gasteiger partial charge on any atom is -0.468 e. The second-order valence-corrected chi connectivity index (χ2v) is 7.84. The number of ether oxygens (including phenoxy) is 2. The smallest absolute Gasteiger partial charge is 0.342 e. The van der Waals surface area contributed by atoms with Gasteiger partial charge < -0.3 is 24.5 Å². The van der Waals surface area contributed by atoms with E-state index in [1.54, 1.807) is 13.8 Å². The van der Waals surface area contributed by atoms with Gasteiger partial charge in [-0.05, 0) is 42.8 Å². The molecular formula is C21H28N4O6. The Labute approximate surface area is 180 Å². The molecule has 10 nitrogen and oxygen atoms in total. The summed E-state index contributed by atoms with van der Waals surface area (Å²) >= 11 is 0. The van der Waals surface area contributed by atoms with Crippen LogP contribution in [0.4, 0.5) is 5.82 Å². The molecule has 3 rings (SSSR count). The van der Waals surface area contributed by atoms with Crippen LogP contribution in [0.1, 0.15) is 32.0 Å². The molecule has 1 aliphatic carbocycles. The van der Waals surface area contributed by atoms with Gasteiger partial charge in [0.1, 0.15) is 18.7 Å². The maximum absolute atomic E-state index is 13.0. The molecule has 0 unspecified atom stereocenters. The van der Waals surface area contributed by atoms with Crippen LogP contribution in [0, 0.1) is 28.9 Å². The number of imidazole rings is 1. The molecule has 1 saturated heterocycles. The Morgan fingerprint density at radius 3 is 2.45 bits per heavy atom. The van der Waals surface area contributed by atoms with Gasteiger partial charge in [0, 0.05) is 37.2 Å². The Morgan fingerprint density at radius 2 is 1.87 bits per heavy atom. The molecule has 2 aliphatic rings. The topological polar surface area (TPSA) is 117 Å². The number of piperidine rings is 1. The minimum absolute atomic E-state index is 0.0227. The quantitative estimate of drug-likeness (QED) is 0.382. The van der Waals surface area contributed by atoms with E-state index in [2.05, 4.69) is 9.88 Å². The highest BCUT2D eigenvalue weighted by Gasteiger charge is 2.45. The predicted molar refractivity (Wildman–Crippen MR) is 111 cm³/mol. The van der Waals surface area contributed by atoms with Crippen molar-refractivity contribution in [1.29, 1.82) is 0 Å². The van der Waals surface area contributed by atoms with Crippen molar-refractivity contribution >= 4 is 17.8 Å². The van der Waals surface area contributed by atoms with Gasteiger partial charge in [-0.3, -0.25) is 4.79 Å². The van der Waals surface area contributed by atoms with Gasteiger partial charge in [0.15, 0.2) is 5.82 Å². The molecule has 1 aromatic heterocycles. The molecule has 0 bridgehead atoms. The molecule has 1 fully saturated rings. The molecule has 10 heteroatoms. The number of likely N-dealkylation sites (tertiary alicyclic amines) is 1. The van der Waals surface area contributed by atoms with Crippen LogP contribution < -0.4 is 0 Å². The molecule has 0 saturated carbocycles. The molecule has 0 radical (unpaired) electrons. The highest BCUT2D eigenvalue weighted by atomic mass is 16.6. The monoisotopic (exact) mass is 432 g/mol. The molecular weight excluding hydrogens is 404 g/mol. The van der Waals surface area contributed by atoms with Gasteiger partial charge in [0.25, 0.3) is 0 Å². The maximum atomic E-state index is 13.0. The van der Waals surface area contributed by atoms with Crippen molar-refractivity contribution in [2.75, 3.05) is 27.3 Å². The van der Waals surface area contributed by atoms with Crippen LogP contribution in [0.5, 0.6) is 0 Å². The summed E-state index contributed by atoms with van der Waals surface area (Å²) in [5.41, 5.74) is 1.78. The number of allylic oxidation sites excluding steroid dienone is 2. The van der Waals surface area contributed by atoms with Crippen molar-refractivity contribution in [2.24, 2.45) is 11.8 Å². The Bertz CT molecular complexity index is 942. The third-order valence-corrected chi connectivity index (χ3v) is 6.06.